The summed E-state index contributed by atoms with van der Waals surface area (Å²) in [6, 6.07) is 6.29. The third kappa shape index (κ3) is 3.06. The summed E-state index contributed by atoms with van der Waals surface area (Å²) in [5, 5.41) is 0. The number of hydrogen-bond acceptors (Lipinski definition) is 5. The van der Waals surface area contributed by atoms with E-state index in [2.05, 4.69) is 28.0 Å². The van der Waals surface area contributed by atoms with Gasteiger partial charge in [-0.05, 0) is 17.7 Å². The van der Waals surface area contributed by atoms with Gasteiger partial charge < -0.3 is 20.1 Å². The zero-order valence-electron chi connectivity index (χ0n) is 11.9. The Kier molecular flexibility index (Phi) is 4.40. The van der Waals surface area contributed by atoms with Crippen molar-refractivity contribution in [1.29, 1.82) is 0 Å². The molecule has 0 radical (unpaired) electrons. The van der Waals surface area contributed by atoms with E-state index in [4.69, 9.17) is 15.2 Å². The number of morpholine rings is 1. The Bertz CT molecular complexity index is 447. The van der Waals surface area contributed by atoms with E-state index in [-0.39, 0.29) is 0 Å². The first-order valence-electron chi connectivity index (χ1n) is 7.37. The predicted molar refractivity (Wildman–Crippen MR) is 79.3 cm³/mol. The number of anilines is 1. The number of nitrogens with zero attached hydrogens (tertiary/aromatic N) is 2. The summed E-state index contributed by atoms with van der Waals surface area (Å²) in [6.07, 6.45) is 0. The van der Waals surface area contributed by atoms with Crippen molar-refractivity contribution in [2.45, 2.75) is 6.54 Å². The van der Waals surface area contributed by atoms with Gasteiger partial charge in [-0.3, -0.25) is 4.90 Å². The molecule has 5 nitrogen and oxygen atoms in total. The van der Waals surface area contributed by atoms with Gasteiger partial charge in [0.25, 0.3) is 0 Å². The van der Waals surface area contributed by atoms with E-state index in [0.717, 1.165) is 63.9 Å². The van der Waals surface area contributed by atoms with E-state index < -0.39 is 0 Å². The predicted octanol–water partition coefficient (Wildman–Crippen LogP) is 0.676. The second-order valence-corrected chi connectivity index (χ2v) is 5.30. The molecule has 5 heteroatoms. The Balaban J connectivity index is 1.63. The number of ether oxygens (including phenoxy) is 2. The lowest BCUT2D eigenvalue weighted by Crippen LogP contribution is -2.43. The highest BCUT2D eigenvalue weighted by Crippen LogP contribution is 2.32. The summed E-state index contributed by atoms with van der Waals surface area (Å²) in [5.74, 6) is 0.973. The second-order valence-electron chi connectivity index (χ2n) is 5.30. The summed E-state index contributed by atoms with van der Waals surface area (Å²) in [4.78, 5) is 4.88. The third-order valence-electron chi connectivity index (χ3n) is 4.01. The van der Waals surface area contributed by atoms with Crippen LogP contribution in [0.1, 0.15) is 5.56 Å². The van der Waals surface area contributed by atoms with Crippen LogP contribution in [0.25, 0.3) is 0 Å². The minimum atomic E-state index is 0.560. The smallest absolute Gasteiger partial charge is 0.143 e. The van der Waals surface area contributed by atoms with Crippen LogP contribution in [0.15, 0.2) is 18.2 Å². The summed E-state index contributed by atoms with van der Waals surface area (Å²) in [5.41, 5.74) is 8.01. The van der Waals surface area contributed by atoms with Gasteiger partial charge in [0.15, 0.2) is 0 Å². The molecule has 1 aromatic carbocycles. The van der Waals surface area contributed by atoms with Crippen molar-refractivity contribution in [2.24, 2.45) is 5.73 Å². The molecular weight excluding hydrogens is 254 g/mol. The maximum absolute atomic E-state index is 5.76. The number of rotatable bonds is 4. The van der Waals surface area contributed by atoms with Crippen molar-refractivity contribution in [3.8, 4) is 5.75 Å². The van der Waals surface area contributed by atoms with Crippen LogP contribution in [0, 0.1) is 0 Å². The molecule has 0 saturated carbocycles. The Labute approximate surface area is 120 Å². The van der Waals surface area contributed by atoms with Crippen LogP contribution in [-0.4, -0.2) is 57.4 Å². The summed E-state index contributed by atoms with van der Waals surface area (Å²) >= 11 is 0. The molecular formula is C15H23N3O2. The van der Waals surface area contributed by atoms with Crippen LogP contribution in [0.4, 0.5) is 5.69 Å². The average molecular weight is 277 g/mol. The molecule has 2 aliphatic heterocycles. The zero-order valence-corrected chi connectivity index (χ0v) is 11.9. The zero-order chi connectivity index (χ0) is 13.8. The monoisotopic (exact) mass is 277 g/mol. The molecule has 0 aliphatic carbocycles. The standard InChI is InChI=1S/C15H23N3O2/c16-12-13-1-2-14-15(11-13)20-10-7-18(14)4-3-17-5-8-19-9-6-17/h1-2,11H,3-10,12,16H2. The molecule has 2 aliphatic rings. The molecule has 0 bridgehead atoms. The van der Waals surface area contributed by atoms with Crippen LogP contribution in [0.2, 0.25) is 0 Å². The van der Waals surface area contributed by atoms with Gasteiger partial charge in [-0.15, -0.1) is 0 Å². The van der Waals surface area contributed by atoms with Gasteiger partial charge in [-0.1, -0.05) is 6.07 Å². The molecule has 0 spiro atoms. The van der Waals surface area contributed by atoms with Crippen LogP contribution in [0.5, 0.6) is 5.75 Å². The Morgan fingerprint density at radius 2 is 1.90 bits per heavy atom. The Hall–Kier alpha value is -1.30. The van der Waals surface area contributed by atoms with Crippen molar-refractivity contribution in [3.63, 3.8) is 0 Å². The molecule has 3 rings (SSSR count). The van der Waals surface area contributed by atoms with Gasteiger partial charge in [0.05, 0.1) is 25.4 Å². The first-order valence-corrected chi connectivity index (χ1v) is 7.37. The normalized spacial score (nSPS) is 19.6. The van der Waals surface area contributed by atoms with Gasteiger partial charge in [0, 0.05) is 32.7 Å². The van der Waals surface area contributed by atoms with Gasteiger partial charge in [-0.25, -0.2) is 0 Å². The second kappa shape index (κ2) is 6.43. The SMILES string of the molecule is NCc1ccc2c(c1)OCCN2CCN1CCOCC1. The molecule has 20 heavy (non-hydrogen) atoms. The molecule has 0 atom stereocenters. The maximum Gasteiger partial charge on any atom is 0.143 e. The average Bonchev–Trinajstić information content (AvgIpc) is 2.53. The van der Waals surface area contributed by atoms with E-state index in [0.29, 0.717) is 6.54 Å². The third-order valence-corrected chi connectivity index (χ3v) is 4.01. The highest BCUT2D eigenvalue weighted by molar-refractivity contribution is 5.61. The van der Waals surface area contributed by atoms with Crippen molar-refractivity contribution >= 4 is 5.69 Å². The van der Waals surface area contributed by atoms with Crippen LogP contribution in [-0.2, 0) is 11.3 Å². The van der Waals surface area contributed by atoms with Crippen LogP contribution in [0.3, 0.4) is 0 Å². The summed E-state index contributed by atoms with van der Waals surface area (Å²) in [6.45, 7) is 8.21. The molecule has 1 saturated heterocycles. The van der Waals surface area contributed by atoms with Gasteiger partial charge in [0.1, 0.15) is 12.4 Å². The highest BCUT2D eigenvalue weighted by atomic mass is 16.5. The summed E-state index contributed by atoms with van der Waals surface area (Å²) in [7, 11) is 0. The number of fused-ring (bicyclic) bond motifs is 1. The molecule has 1 fully saturated rings. The van der Waals surface area contributed by atoms with Crippen molar-refractivity contribution in [3.05, 3.63) is 23.8 Å². The van der Waals surface area contributed by atoms with E-state index in [1.54, 1.807) is 0 Å². The lowest BCUT2D eigenvalue weighted by Gasteiger charge is -2.34. The van der Waals surface area contributed by atoms with E-state index in [1.807, 2.05) is 0 Å². The fourth-order valence-corrected chi connectivity index (χ4v) is 2.77. The molecule has 0 amide bonds. The minimum absolute atomic E-state index is 0.560. The number of hydrogen-bond donors (Lipinski definition) is 1. The Morgan fingerprint density at radius 3 is 2.70 bits per heavy atom. The Morgan fingerprint density at radius 1 is 1.05 bits per heavy atom. The van der Waals surface area contributed by atoms with Crippen molar-refractivity contribution in [2.75, 3.05) is 57.4 Å². The molecule has 0 unspecified atom stereocenters. The van der Waals surface area contributed by atoms with Gasteiger partial charge in [0.2, 0.25) is 0 Å². The van der Waals surface area contributed by atoms with Gasteiger partial charge >= 0.3 is 0 Å². The highest BCUT2D eigenvalue weighted by Gasteiger charge is 2.19. The number of nitrogens with two attached hydrogens (primary N) is 1. The molecule has 2 N–H and O–H groups in total. The quantitative estimate of drug-likeness (QED) is 0.877. The van der Waals surface area contributed by atoms with E-state index >= 15 is 0 Å². The van der Waals surface area contributed by atoms with E-state index in [9.17, 15) is 0 Å². The first kappa shape index (κ1) is 13.7. The lowest BCUT2D eigenvalue weighted by atomic mass is 10.1. The lowest BCUT2D eigenvalue weighted by molar-refractivity contribution is 0.0390. The maximum atomic E-state index is 5.76. The largest absolute Gasteiger partial charge is 0.490 e. The molecule has 0 aromatic heterocycles. The van der Waals surface area contributed by atoms with Crippen molar-refractivity contribution in [1.82, 2.24) is 4.90 Å². The first-order chi connectivity index (χ1) is 9.86. The topological polar surface area (TPSA) is 51.0 Å². The van der Waals surface area contributed by atoms with Crippen molar-refractivity contribution < 1.29 is 9.47 Å². The van der Waals surface area contributed by atoms with Crippen LogP contribution >= 0.6 is 0 Å². The molecule has 110 valence electrons. The number of benzene rings is 1. The fraction of sp³-hybridized carbons (Fsp3) is 0.600. The summed E-state index contributed by atoms with van der Waals surface area (Å²) < 4.78 is 11.1. The van der Waals surface area contributed by atoms with Crippen LogP contribution < -0.4 is 15.4 Å². The van der Waals surface area contributed by atoms with Gasteiger partial charge in [-0.2, -0.15) is 0 Å². The fourth-order valence-electron chi connectivity index (χ4n) is 2.77. The molecule has 2 heterocycles. The molecule has 1 aromatic rings. The minimum Gasteiger partial charge on any atom is -0.490 e. The van der Waals surface area contributed by atoms with E-state index in [1.165, 1.54) is 5.69 Å².